The van der Waals surface area contributed by atoms with E-state index in [2.05, 4.69) is 15.0 Å². The van der Waals surface area contributed by atoms with Crippen LogP contribution in [0.1, 0.15) is 31.9 Å². The monoisotopic (exact) mass is 301 g/mol. The van der Waals surface area contributed by atoms with Crippen LogP contribution in [0.15, 0.2) is 17.2 Å². The summed E-state index contributed by atoms with van der Waals surface area (Å²) in [5.41, 5.74) is 0.862. The molecule has 1 unspecified atom stereocenters. The molecule has 1 saturated heterocycles. The number of H-pyrrole nitrogens is 1. The number of aromatic amines is 1. The summed E-state index contributed by atoms with van der Waals surface area (Å²) in [7, 11) is -3.45. The lowest BCUT2D eigenvalue weighted by molar-refractivity contribution is 0.0200. The van der Waals surface area contributed by atoms with Gasteiger partial charge in [0.15, 0.2) is 0 Å². The van der Waals surface area contributed by atoms with Gasteiger partial charge in [-0.3, -0.25) is 0 Å². The van der Waals surface area contributed by atoms with Crippen molar-refractivity contribution in [1.29, 1.82) is 0 Å². The summed E-state index contributed by atoms with van der Waals surface area (Å²) in [6.07, 6.45) is 4.61. The summed E-state index contributed by atoms with van der Waals surface area (Å²) in [6, 6.07) is 1.66. The van der Waals surface area contributed by atoms with Gasteiger partial charge in [-0.25, -0.2) is 13.1 Å². The van der Waals surface area contributed by atoms with Gasteiger partial charge in [0.25, 0.3) is 0 Å². The van der Waals surface area contributed by atoms with Crippen LogP contribution in [0, 0.1) is 0 Å². The van der Waals surface area contributed by atoms with Gasteiger partial charge in [0.2, 0.25) is 10.0 Å². The first-order chi connectivity index (χ1) is 9.62. The van der Waals surface area contributed by atoms with E-state index in [-0.39, 0.29) is 11.0 Å². The van der Waals surface area contributed by atoms with Gasteiger partial charge in [0.1, 0.15) is 0 Å². The topological polar surface area (TPSA) is 83.2 Å². The Morgan fingerprint density at radius 2 is 2.30 bits per heavy atom. The molecule has 0 amide bonds. The van der Waals surface area contributed by atoms with E-state index in [4.69, 9.17) is 4.74 Å². The largest absolute Gasteiger partial charge is 0.377 e. The maximum Gasteiger partial charge on any atom is 0.242 e. The predicted molar refractivity (Wildman–Crippen MR) is 77.0 cm³/mol. The van der Waals surface area contributed by atoms with E-state index in [1.807, 2.05) is 6.92 Å². The van der Waals surface area contributed by atoms with Gasteiger partial charge in [0.05, 0.1) is 11.0 Å². The number of hydrogen-bond acceptors (Lipinski definition) is 4. The fourth-order valence-corrected chi connectivity index (χ4v) is 3.27. The average Bonchev–Trinajstić information content (AvgIpc) is 2.94. The third-order valence-corrected chi connectivity index (χ3v) is 4.77. The number of rotatable bonds is 7. The highest BCUT2D eigenvalue weighted by atomic mass is 32.2. The van der Waals surface area contributed by atoms with Crippen molar-refractivity contribution in [3.63, 3.8) is 0 Å². The number of hydrogen-bond donors (Lipinski definition) is 3. The van der Waals surface area contributed by atoms with Gasteiger partial charge in [-0.1, -0.05) is 6.92 Å². The second-order valence-corrected chi connectivity index (χ2v) is 6.75. The highest BCUT2D eigenvalue weighted by Gasteiger charge is 2.20. The maximum absolute atomic E-state index is 12.2. The van der Waals surface area contributed by atoms with E-state index in [0.29, 0.717) is 13.1 Å². The lowest BCUT2D eigenvalue weighted by Crippen LogP contribution is -2.35. The maximum atomic E-state index is 12.2. The van der Waals surface area contributed by atoms with E-state index in [9.17, 15) is 8.42 Å². The lowest BCUT2D eigenvalue weighted by Gasteiger charge is -2.22. The molecule has 1 aliphatic heterocycles. The van der Waals surface area contributed by atoms with Crippen molar-refractivity contribution >= 4 is 10.0 Å². The van der Waals surface area contributed by atoms with Crippen molar-refractivity contribution < 1.29 is 13.2 Å². The van der Waals surface area contributed by atoms with Gasteiger partial charge >= 0.3 is 0 Å². The molecule has 0 aromatic carbocycles. The normalized spacial score (nSPS) is 20.1. The molecule has 0 bridgehead atoms. The zero-order chi connectivity index (χ0) is 14.4. The van der Waals surface area contributed by atoms with Crippen molar-refractivity contribution in [1.82, 2.24) is 15.0 Å². The SMILES string of the molecule is CCNCc1cc(S(=O)(=O)NCC2CCCCO2)c[nH]1. The average molecular weight is 301 g/mol. The smallest absolute Gasteiger partial charge is 0.242 e. The Morgan fingerprint density at radius 3 is 3.00 bits per heavy atom. The zero-order valence-electron chi connectivity index (χ0n) is 11.8. The van der Waals surface area contributed by atoms with Crippen LogP contribution < -0.4 is 10.0 Å². The molecule has 1 fully saturated rings. The predicted octanol–water partition coefficient (Wildman–Crippen LogP) is 0.972. The van der Waals surface area contributed by atoms with E-state index < -0.39 is 10.0 Å². The van der Waals surface area contributed by atoms with Crippen molar-refractivity contribution in [2.45, 2.75) is 43.7 Å². The molecule has 3 N–H and O–H groups in total. The fourth-order valence-electron chi connectivity index (χ4n) is 2.19. The first-order valence-electron chi connectivity index (χ1n) is 7.11. The number of nitrogens with one attached hydrogen (secondary N) is 3. The minimum absolute atomic E-state index is 0.00121. The summed E-state index contributed by atoms with van der Waals surface area (Å²) in [4.78, 5) is 3.25. The second-order valence-electron chi connectivity index (χ2n) is 4.98. The van der Waals surface area contributed by atoms with Gasteiger partial charge in [-0.05, 0) is 31.9 Å². The fraction of sp³-hybridized carbons (Fsp3) is 0.692. The summed E-state index contributed by atoms with van der Waals surface area (Å²) in [5.74, 6) is 0. The van der Waals surface area contributed by atoms with Crippen LogP contribution in [-0.2, 0) is 21.3 Å². The Kier molecular flexibility index (Phi) is 5.59. The molecule has 1 atom stereocenters. The third-order valence-electron chi connectivity index (χ3n) is 3.37. The molecule has 0 spiro atoms. The molecule has 0 aliphatic carbocycles. The minimum Gasteiger partial charge on any atom is -0.377 e. The van der Waals surface area contributed by atoms with Crippen LogP contribution in [0.2, 0.25) is 0 Å². The summed E-state index contributed by atoms with van der Waals surface area (Å²) < 4.78 is 32.5. The first kappa shape index (κ1) is 15.5. The van der Waals surface area contributed by atoms with E-state index in [1.54, 1.807) is 6.07 Å². The number of sulfonamides is 1. The van der Waals surface area contributed by atoms with Gasteiger partial charge < -0.3 is 15.0 Å². The Hall–Kier alpha value is -0.890. The Labute approximate surface area is 120 Å². The van der Waals surface area contributed by atoms with Crippen LogP contribution >= 0.6 is 0 Å². The van der Waals surface area contributed by atoms with Crippen LogP contribution in [0.4, 0.5) is 0 Å². The lowest BCUT2D eigenvalue weighted by atomic mass is 10.1. The standard InChI is InChI=1S/C13H23N3O3S/c1-2-14-8-11-7-13(10-15-11)20(17,18)16-9-12-5-3-4-6-19-12/h7,10,12,14-16H,2-6,8-9H2,1H3. The molecule has 7 heteroatoms. The molecule has 20 heavy (non-hydrogen) atoms. The molecule has 0 radical (unpaired) electrons. The quantitative estimate of drug-likeness (QED) is 0.701. The van der Waals surface area contributed by atoms with Crippen LogP contribution in [0.5, 0.6) is 0 Å². The van der Waals surface area contributed by atoms with E-state index in [0.717, 1.165) is 38.1 Å². The van der Waals surface area contributed by atoms with Crippen LogP contribution in [0.25, 0.3) is 0 Å². The molecule has 2 rings (SSSR count). The highest BCUT2D eigenvalue weighted by Crippen LogP contribution is 2.14. The Balaban J connectivity index is 1.90. The molecular weight excluding hydrogens is 278 g/mol. The van der Waals surface area contributed by atoms with Crippen LogP contribution in [-0.4, -0.2) is 39.2 Å². The van der Waals surface area contributed by atoms with Crippen LogP contribution in [0.3, 0.4) is 0 Å². The molecule has 114 valence electrons. The first-order valence-corrected chi connectivity index (χ1v) is 8.59. The molecule has 6 nitrogen and oxygen atoms in total. The van der Waals surface area contributed by atoms with Gasteiger partial charge in [-0.2, -0.15) is 0 Å². The summed E-state index contributed by atoms with van der Waals surface area (Å²) in [5, 5.41) is 3.15. The number of aromatic nitrogens is 1. The molecule has 1 aromatic heterocycles. The number of ether oxygens (including phenoxy) is 1. The summed E-state index contributed by atoms with van der Waals surface area (Å²) in [6.45, 7) is 4.56. The molecule has 1 aliphatic rings. The van der Waals surface area contributed by atoms with Crippen molar-refractivity contribution in [3.8, 4) is 0 Å². The second kappa shape index (κ2) is 7.21. The Bertz CT molecular complexity index is 507. The minimum atomic E-state index is -3.45. The summed E-state index contributed by atoms with van der Waals surface area (Å²) >= 11 is 0. The van der Waals surface area contributed by atoms with E-state index >= 15 is 0 Å². The zero-order valence-corrected chi connectivity index (χ0v) is 12.6. The Morgan fingerprint density at radius 1 is 1.45 bits per heavy atom. The molecule has 2 heterocycles. The van der Waals surface area contributed by atoms with Crippen molar-refractivity contribution in [3.05, 3.63) is 18.0 Å². The third kappa shape index (κ3) is 4.31. The molecule has 0 saturated carbocycles. The van der Waals surface area contributed by atoms with Gasteiger partial charge in [-0.15, -0.1) is 0 Å². The van der Waals surface area contributed by atoms with Gasteiger partial charge in [0, 0.05) is 31.6 Å². The van der Waals surface area contributed by atoms with Crippen molar-refractivity contribution in [2.75, 3.05) is 19.7 Å². The van der Waals surface area contributed by atoms with E-state index in [1.165, 1.54) is 6.20 Å². The molecular formula is C13H23N3O3S. The molecule has 1 aromatic rings. The highest BCUT2D eigenvalue weighted by molar-refractivity contribution is 7.89. The van der Waals surface area contributed by atoms with Crippen molar-refractivity contribution in [2.24, 2.45) is 0 Å².